The molecule has 0 spiro atoms. The molecule has 7 heteroatoms. The summed E-state index contributed by atoms with van der Waals surface area (Å²) in [6.07, 6.45) is -2.76. The number of amides is 1. The zero-order chi connectivity index (χ0) is 28.7. The van der Waals surface area contributed by atoms with Gasteiger partial charge >= 0.3 is 6.18 Å². The molecule has 5 aromatic rings. The van der Waals surface area contributed by atoms with Crippen molar-refractivity contribution in [1.29, 1.82) is 0 Å². The van der Waals surface area contributed by atoms with Crippen LogP contribution in [0.15, 0.2) is 138 Å². The fourth-order valence-electron chi connectivity index (χ4n) is 4.41. The summed E-state index contributed by atoms with van der Waals surface area (Å²) in [6, 6.07) is 42.5. The van der Waals surface area contributed by atoms with E-state index >= 15 is 0 Å². The topological polar surface area (TPSA) is 41.5 Å². The first-order valence-corrected chi connectivity index (χ1v) is 14.3. The van der Waals surface area contributed by atoms with Crippen molar-refractivity contribution in [2.75, 3.05) is 11.9 Å². The lowest BCUT2D eigenvalue weighted by molar-refractivity contribution is -0.137. The van der Waals surface area contributed by atoms with E-state index in [2.05, 4.69) is 101 Å². The summed E-state index contributed by atoms with van der Waals surface area (Å²) >= 11 is 0. The zero-order valence-corrected chi connectivity index (χ0v) is 22.8. The third-order valence-corrected chi connectivity index (χ3v) is 8.82. The third kappa shape index (κ3) is 7.16. The molecule has 0 atom stereocenters. The quantitative estimate of drug-likeness (QED) is 0.230. The van der Waals surface area contributed by atoms with Crippen molar-refractivity contribution in [3.05, 3.63) is 145 Å². The molecule has 204 valence electrons. The standard InChI is InChI=1S/C18H15P.C16H11F3N2O/c1-4-10-16(11-5-1)19(17-12-6-2-7-13-17)18-14-8-3-9-15-18;17-16(18,19)13-4-1-10(2-5-13)11-3-6-14-12(7-11)8-20-9-15(22)21-14/h1-15H;1-8H,9H2,(H,21,22). The highest BCUT2D eigenvalue weighted by molar-refractivity contribution is 7.79. The summed E-state index contributed by atoms with van der Waals surface area (Å²) in [4.78, 5) is 15.4. The van der Waals surface area contributed by atoms with Crippen molar-refractivity contribution in [2.45, 2.75) is 6.18 Å². The number of fused-ring (bicyclic) bond motifs is 1. The number of benzodiazepines with no additional fused rings is 1. The van der Waals surface area contributed by atoms with Gasteiger partial charge in [-0.1, -0.05) is 109 Å². The lowest BCUT2D eigenvalue weighted by Crippen LogP contribution is -2.20. The largest absolute Gasteiger partial charge is 0.416 e. The van der Waals surface area contributed by atoms with Gasteiger partial charge in [0, 0.05) is 17.5 Å². The fraction of sp³-hybridized carbons (Fsp3) is 0.0588. The molecule has 1 amide bonds. The molecule has 5 aromatic carbocycles. The molecule has 0 saturated heterocycles. The number of halogens is 3. The van der Waals surface area contributed by atoms with Gasteiger partial charge < -0.3 is 5.32 Å². The first kappa shape index (κ1) is 28.0. The highest BCUT2D eigenvalue weighted by Gasteiger charge is 2.30. The average molecular weight is 567 g/mol. The van der Waals surface area contributed by atoms with Crippen LogP contribution in [0.4, 0.5) is 18.9 Å². The summed E-state index contributed by atoms with van der Waals surface area (Å²) in [6.45, 7) is 0.0598. The Morgan fingerprint density at radius 2 is 1.12 bits per heavy atom. The van der Waals surface area contributed by atoms with Crippen LogP contribution in [0.1, 0.15) is 11.1 Å². The Morgan fingerprint density at radius 3 is 1.61 bits per heavy atom. The smallest absolute Gasteiger partial charge is 0.324 e. The van der Waals surface area contributed by atoms with Crippen LogP contribution in [-0.2, 0) is 11.0 Å². The van der Waals surface area contributed by atoms with Crippen LogP contribution >= 0.6 is 7.92 Å². The van der Waals surface area contributed by atoms with Crippen LogP contribution in [0.2, 0.25) is 0 Å². The van der Waals surface area contributed by atoms with Crippen molar-refractivity contribution < 1.29 is 18.0 Å². The Labute approximate surface area is 238 Å². The molecule has 0 unspecified atom stereocenters. The van der Waals surface area contributed by atoms with Gasteiger partial charge in [-0.05, 0) is 59.2 Å². The van der Waals surface area contributed by atoms with Crippen LogP contribution in [0, 0.1) is 0 Å². The summed E-state index contributed by atoms with van der Waals surface area (Å²) in [7, 11) is -0.446. The van der Waals surface area contributed by atoms with E-state index in [0.29, 0.717) is 11.3 Å². The molecule has 0 aromatic heterocycles. The van der Waals surface area contributed by atoms with Gasteiger partial charge in [0.2, 0.25) is 5.91 Å². The van der Waals surface area contributed by atoms with Crippen LogP contribution in [0.3, 0.4) is 0 Å². The summed E-state index contributed by atoms with van der Waals surface area (Å²) in [5.74, 6) is -0.197. The van der Waals surface area contributed by atoms with Crippen LogP contribution in [0.5, 0.6) is 0 Å². The Hall–Kier alpha value is -4.54. The van der Waals surface area contributed by atoms with Crippen LogP contribution in [-0.4, -0.2) is 18.7 Å². The minimum absolute atomic E-state index is 0.0598. The SMILES string of the molecule is O=C1CN=Cc2cc(-c3ccc(C(F)(F)F)cc3)ccc2N1.c1ccc(P(c2ccccc2)c2ccccc2)cc1. The second-order valence-electron chi connectivity index (χ2n) is 9.24. The maximum atomic E-state index is 12.6. The van der Waals surface area contributed by atoms with Gasteiger partial charge in [-0.25, -0.2) is 0 Å². The molecule has 1 aliphatic rings. The first-order valence-electron chi connectivity index (χ1n) is 12.9. The maximum Gasteiger partial charge on any atom is 0.416 e. The molecule has 6 rings (SSSR count). The highest BCUT2D eigenvalue weighted by atomic mass is 31.1. The molecule has 1 aliphatic heterocycles. The minimum atomic E-state index is -4.34. The molecule has 0 bridgehead atoms. The van der Waals surface area contributed by atoms with Gasteiger partial charge in [0.05, 0.1) is 5.56 Å². The number of aliphatic imine (C=N–C) groups is 1. The van der Waals surface area contributed by atoms with Gasteiger partial charge in [-0.3, -0.25) is 9.79 Å². The highest BCUT2D eigenvalue weighted by Crippen LogP contribution is 2.33. The van der Waals surface area contributed by atoms with E-state index in [0.717, 1.165) is 23.3 Å². The molecule has 3 nitrogen and oxygen atoms in total. The molecule has 0 saturated carbocycles. The lowest BCUT2D eigenvalue weighted by atomic mass is 10.0. The number of benzene rings is 5. The Bertz CT molecular complexity index is 1530. The number of hydrogen-bond acceptors (Lipinski definition) is 2. The number of carbonyl (C=O) groups is 1. The normalized spacial score (nSPS) is 12.5. The summed E-state index contributed by atoms with van der Waals surface area (Å²) in [5.41, 5.74) is 2.11. The molecule has 0 radical (unpaired) electrons. The van der Waals surface area contributed by atoms with Gasteiger partial charge in [0.15, 0.2) is 0 Å². The average Bonchev–Trinajstić information content (AvgIpc) is 3.19. The predicted octanol–water partition coefficient (Wildman–Crippen LogP) is 7.19. The van der Waals surface area contributed by atoms with Gasteiger partial charge in [0.1, 0.15) is 6.54 Å². The Balaban J connectivity index is 0.000000166. The number of carbonyl (C=O) groups excluding carboxylic acids is 1. The number of anilines is 1. The van der Waals surface area contributed by atoms with Crippen molar-refractivity contribution in [3.8, 4) is 11.1 Å². The van der Waals surface area contributed by atoms with E-state index in [1.807, 2.05) is 0 Å². The molecule has 41 heavy (non-hydrogen) atoms. The molecule has 0 fully saturated rings. The van der Waals surface area contributed by atoms with E-state index in [9.17, 15) is 18.0 Å². The van der Waals surface area contributed by atoms with Gasteiger partial charge in [0.25, 0.3) is 0 Å². The molecule has 1 heterocycles. The van der Waals surface area contributed by atoms with Gasteiger partial charge in [-0.15, -0.1) is 0 Å². The number of nitrogens with one attached hydrogen (secondary N) is 1. The second-order valence-corrected chi connectivity index (χ2v) is 11.5. The number of rotatable bonds is 4. The molecular formula is C34H26F3N2OP. The van der Waals surface area contributed by atoms with E-state index in [4.69, 9.17) is 0 Å². The monoisotopic (exact) mass is 566 g/mol. The van der Waals surface area contributed by atoms with Crippen molar-refractivity contribution >= 4 is 41.6 Å². The Kier molecular flexibility index (Phi) is 8.71. The maximum absolute atomic E-state index is 12.6. The van der Waals surface area contributed by atoms with E-state index in [-0.39, 0.29) is 12.5 Å². The Morgan fingerprint density at radius 1 is 0.634 bits per heavy atom. The van der Waals surface area contributed by atoms with E-state index in [1.165, 1.54) is 28.0 Å². The molecular weight excluding hydrogens is 540 g/mol. The predicted molar refractivity (Wildman–Crippen MR) is 163 cm³/mol. The molecule has 0 aliphatic carbocycles. The zero-order valence-electron chi connectivity index (χ0n) is 21.9. The molecule has 1 N–H and O–H groups in total. The van der Waals surface area contributed by atoms with Crippen molar-refractivity contribution in [1.82, 2.24) is 0 Å². The second kappa shape index (κ2) is 12.8. The van der Waals surface area contributed by atoms with Crippen LogP contribution < -0.4 is 21.2 Å². The number of hydrogen-bond donors (Lipinski definition) is 1. The van der Waals surface area contributed by atoms with E-state index < -0.39 is 19.7 Å². The summed E-state index contributed by atoms with van der Waals surface area (Å²) < 4.78 is 37.7. The number of alkyl halides is 3. The van der Waals surface area contributed by atoms with Crippen molar-refractivity contribution in [2.24, 2.45) is 4.99 Å². The fourth-order valence-corrected chi connectivity index (χ4v) is 6.71. The van der Waals surface area contributed by atoms with Gasteiger partial charge in [-0.2, -0.15) is 13.2 Å². The summed E-state index contributed by atoms with van der Waals surface area (Å²) in [5, 5.41) is 6.91. The third-order valence-electron chi connectivity index (χ3n) is 6.38. The lowest BCUT2D eigenvalue weighted by Gasteiger charge is -2.18. The first-order chi connectivity index (χ1) is 19.9. The number of nitrogens with zero attached hydrogens (tertiary/aromatic N) is 1. The van der Waals surface area contributed by atoms with Crippen LogP contribution in [0.25, 0.3) is 11.1 Å². The van der Waals surface area contributed by atoms with E-state index in [1.54, 1.807) is 24.4 Å². The minimum Gasteiger partial charge on any atom is -0.324 e. The van der Waals surface area contributed by atoms with Crippen molar-refractivity contribution in [3.63, 3.8) is 0 Å².